The molecule has 1 atom stereocenters. The van der Waals surface area contributed by atoms with E-state index in [0.29, 0.717) is 16.1 Å². The molecule has 0 N–H and O–H groups in total. The van der Waals surface area contributed by atoms with E-state index in [9.17, 15) is 9.59 Å². The van der Waals surface area contributed by atoms with Gasteiger partial charge in [-0.15, -0.1) is 11.3 Å². The number of benzene rings is 2. The molecule has 5 heteroatoms. The topological polar surface area (TPSA) is 47.0 Å². The lowest BCUT2D eigenvalue weighted by atomic mass is 9.83. The molecule has 0 bridgehead atoms. The van der Waals surface area contributed by atoms with Crippen molar-refractivity contribution >= 4 is 44.7 Å². The van der Waals surface area contributed by atoms with Crippen LogP contribution in [0.4, 0.5) is 0 Å². The maximum Gasteiger partial charge on any atom is 0.175 e. The molecular formula is C24H16ClNO2S. The number of fused-ring (bicyclic) bond motifs is 2. The van der Waals surface area contributed by atoms with Gasteiger partial charge in [-0.05, 0) is 11.6 Å². The van der Waals surface area contributed by atoms with Crippen LogP contribution >= 0.6 is 22.9 Å². The SMILES string of the molecule is CC(c1nc2scc(Cl)c2cc1-c1ccccc1)C1C(=O)c2ccccc2C1=O. The predicted octanol–water partition coefficient (Wildman–Crippen LogP) is 6.42. The van der Waals surface area contributed by atoms with E-state index < -0.39 is 5.92 Å². The third-order valence-electron chi connectivity index (χ3n) is 5.59. The second kappa shape index (κ2) is 6.90. The van der Waals surface area contributed by atoms with Gasteiger partial charge in [0.15, 0.2) is 11.6 Å². The summed E-state index contributed by atoms with van der Waals surface area (Å²) in [5, 5.41) is 3.41. The second-order valence-electron chi connectivity index (χ2n) is 7.26. The molecule has 0 saturated heterocycles. The van der Waals surface area contributed by atoms with Crippen molar-refractivity contribution in [3.8, 4) is 11.1 Å². The molecule has 0 fully saturated rings. The normalized spacial score (nSPS) is 15.1. The van der Waals surface area contributed by atoms with Gasteiger partial charge in [-0.1, -0.05) is 73.1 Å². The Bertz CT molecular complexity index is 1240. The Morgan fingerprint density at radius 3 is 2.21 bits per heavy atom. The molecule has 0 saturated carbocycles. The average Bonchev–Trinajstić information content (AvgIpc) is 3.24. The minimum Gasteiger partial charge on any atom is -0.293 e. The highest BCUT2D eigenvalue weighted by molar-refractivity contribution is 7.17. The zero-order valence-corrected chi connectivity index (χ0v) is 17.1. The number of carbonyl (C=O) groups is 2. The smallest absolute Gasteiger partial charge is 0.175 e. The number of pyridine rings is 1. The van der Waals surface area contributed by atoms with E-state index in [0.717, 1.165) is 27.0 Å². The third kappa shape index (κ3) is 2.83. The maximum atomic E-state index is 13.1. The Morgan fingerprint density at radius 1 is 0.931 bits per heavy atom. The molecule has 5 rings (SSSR count). The summed E-state index contributed by atoms with van der Waals surface area (Å²) in [7, 11) is 0. The number of hydrogen-bond donors (Lipinski definition) is 0. The van der Waals surface area contributed by atoms with Gasteiger partial charge >= 0.3 is 0 Å². The molecule has 2 aromatic carbocycles. The molecule has 1 aliphatic rings. The molecule has 0 radical (unpaired) electrons. The summed E-state index contributed by atoms with van der Waals surface area (Å²) < 4.78 is 0. The van der Waals surface area contributed by atoms with E-state index in [2.05, 4.69) is 0 Å². The Hall–Kier alpha value is -2.82. The highest BCUT2D eigenvalue weighted by Gasteiger charge is 2.43. The third-order valence-corrected chi connectivity index (χ3v) is 6.92. The quantitative estimate of drug-likeness (QED) is 0.361. The lowest BCUT2D eigenvalue weighted by molar-refractivity contribution is 0.0819. The van der Waals surface area contributed by atoms with Crippen LogP contribution in [0, 0.1) is 5.92 Å². The van der Waals surface area contributed by atoms with Gasteiger partial charge in [0.2, 0.25) is 0 Å². The van der Waals surface area contributed by atoms with Gasteiger partial charge in [0.25, 0.3) is 0 Å². The summed E-state index contributed by atoms with van der Waals surface area (Å²) >= 11 is 7.83. The van der Waals surface area contributed by atoms with Crippen molar-refractivity contribution in [2.45, 2.75) is 12.8 Å². The van der Waals surface area contributed by atoms with Crippen molar-refractivity contribution in [2.75, 3.05) is 0 Å². The summed E-state index contributed by atoms with van der Waals surface area (Å²) in [6.45, 7) is 1.92. The van der Waals surface area contributed by atoms with Crippen LogP contribution < -0.4 is 0 Å². The van der Waals surface area contributed by atoms with E-state index in [1.165, 1.54) is 11.3 Å². The predicted molar refractivity (Wildman–Crippen MR) is 117 cm³/mol. The van der Waals surface area contributed by atoms with E-state index in [1.807, 2.05) is 48.7 Å². The fourth-order valence-electron chi connectivity index (χ4n) is 4.12. The van der Waals surface area contributed by atoms with Crippen molar-refractivity contribution in [3.05, 3.63) is 87.9 Å². The van der Waals surface area contributed by atoms with Crippen LogP contribution in [0.1, 0.15) is 39.3 Å². The van der Waals surface area contributed by atoms with E-state index in [4.69, 9.17) is 16.6 Å². The summed E-state index contributed by atoms with van der Waals surface area (Å²) in [6, 6.07) is 19.0. The monoisotopic (exact) mass is 417 g/mol. The first-order chi connectivity index (χ1) is 14.1. The van der Waals surface area contributed by atoms with Gasteiger partial charge in [-0.2, -0.15) is 0 Å². The van der Waals surface area contributed by atoms with Gasteiger partial charge in [-0.25, -0.2) is 4.98 Å². The number of hydrogen-bond acceptors (Lipinski definition) is 4. The number of halogens is 1. The fourth-order valence-corrected chi connectivity index (χ4v) is 5.24. The van der Waals surface area contributed by atoms with Crippen LogP contribution in [0.15, 0.2) is 66.0 Å². The molecule has 4 aromatic rings. The highest BCUT2D eigenvalue weighted by Crippen LogP contribution is 2.41. The molecule has 142 valence electrons. The summed E-state index contributed by atoms with van der Waals surface area (Å²) in [5.41, 5.74) is 3.66. The molecule has 0 aliphatic heterocycles. The van der Waals surface area contributed by atoms with Crippen LogP contribution in [-0.4, -0.2) is 16.6 Å². The van der Waals surface area contributed by atoms with Crippen LogP contribution in [0.5, 0.6) is 0 Å². The van der Waals surface area contributed by atoms with Crippen LogP contribution in [-0.2, 0) is 0 Å². The maximum absolute atomic E-state index is 13.1. The average molecular weight is 418 g/mol. The van der Waals surface area contributed by atoms with Gasteiger partial charge in [-0.3, -0.25) is 9.59 Å². The van der Waals surface area contributed by atoms with Crippen LogP contribution in [0.3, 0.4) is 0 Å². The van der Waals surface area contributed by atoms with Gasteiger partial charge in [0.05, 0.1) is 16.6 Å². The lowest BCUT2D eigenvalue weighted by Gasteiger charge is -2.20. The fraction of sp³-hybridized carbons (Fsp3) is 0.125. The first-order valence-electron chi connectivity index (χ1n) is 9.37. The molecular weight excluding hydrogens is 402 g/mol. The number of nitrogens with zero attached hydrogens (tertiary/aromatic N) is 1. The van der Waals surface area contributed by atoms with Crippen molar-refractivity contribution in [3.63, 3.8) is 0 Å². The number of thiophene rings is 1. The number of carbonyl (C=O) groups excluding carboxylic acids is 2. The van der Waals surface area contributed by atoms with Gasteiger partial charge < -0.3 is 0 Å². The molecule has 1 unspecified atom stereocenters. The Kier molecular flexibility index (Phi) is 4.34. The highest BCUT2D eigenvalue weighted by atomic mass is 35.5. The number of aromatic nitrogens is 1. The minimum absolute atomic E-state index is 0.122. The summed E-state index contributed by atoms with van der Waals surface area (Å²) in [4.78, 5) is 31.8. The van der Waals surface area contributed by atoms with E-state index in [1.54, 1.807) is 24.3 Å². The molecule has 29 heavy (non-hydrogen) atoms. The first-order valence-corrected chi connectivity index (χ1v) is 10.6. The van der Waals surface area contributed by atoms with Gasteiger partial charge in [0.1, 0.15) is 4.83 Å². The Morgan fingerprint density at radius 2 is 1.55 bits per heavy atom. The largest absolute Gasteiger partial charge is 0.293 e. The van der Waals surface area contributed by atoms with Crippen molar-refractivity contribution in [1.82, 2.24) is 4.98 Å². The van der Waals surface area contributed by atoms with E-state index >= 15 is 0 Å². The summed E-state index contributed by atoms with van der Waals surface area (Å²) in [6.07, 6.45) is 0. The summed E-state index contributed by atoms with van der Waals surface area (Å²) in [5.74, 6) is -1.36. The Labute approximate surface area is 177 Å². The number of rotatable bonds is 3. The molecule has 0 spiro atoms. The Balaban J connectivity index is 1.69. The standard InChI is InChI=1S/C24H16ClNO2S/c1-13(20-22(27)15-9-5-6-10-16(15)23(20)28)21-17(14-7-3-2-4-8-14)11-18-19(25)12-29-24(18)26-21/h2-13,20H,1H3. The molecule has 0 amide bonds. The first kappa shape index (κ1) is 18.2. The van der Waals surface area contributed by atoms with Crippen molar-refractivity contribution < 1.29 is 9.59 Å². The molecule has 3 nitrogen and oxygen atoms in total. The van der Waals surface area contributed by atoms with Crippen LogP contribution in [0.25, 0.3) is 21.3 Å². The van der Waals surface area contributed by atoms with Crippen LogP contribution in [0.2, 0.25) is 5.02 Å². The molecule has 2 heterocycles. The van der Waals surface area contributed by atoms with E-state index in [-0.39, 0.29) is 17.5 Å². The second-order valence-corrected chi connectivity index (χ2v) is 8.53. The zero-order valence-electron chi connectivity index (χ0n) is 15.6. The lowest BCUT2D eigenvalue weighted by Crippen LogP contribution is -2.23. The minimum atomic E-state index is -0.754. The van der Waals surface area contributed by atoms with Crippen molar-refractivity contribution in [1.29, 1.82) is 0 Å². The molecule has 2 aromatic heterocycles. The number of ketones is 2. The number of Topliss-reactive ketones (excluding diaryl/α,β-unsaturated/α-hetero) is 2. The molecule has 1 aliphatic carbocycles. The van der Waals surface area contributed by atoms with Crippen molar-refractivity contribution in [2.24, 2.45) is 5.92 Å². The zero-order chi connectivity index (χ0) is 20.1. The van der Waals surface area contributed by atoms with Gasteiger partial charge in [0, 0.05) is 33.4 Å².